The van der Waals surface area contributed by atoms with E-state index in [0.29, 0.717) is 12.5 Å². The molecule has 1 unspecified atom stereocenters. The number of amides is 1. The van der Waals surface area contributed by atoms with Crippen molar-refractivity contribution in [3.8, 4) is 0 Å². The number of para-hydroxylation sites is 1. The van der Waals surface area contributed by atoms with Gasteiger partial charge < -0.3 is 10.6 Å². The highest BCUT2D eigenvalue weighted by atomic mass is 16.2. The average Bonchev–Trinajstić information content (AvgIpc) is 2.46. The van der Waals surface area contributed by atoms with Crippen molar-refractivity contribution >= 4 is 11.6 Å². The van der Waals surface area contributed by atoms with Crippen molar-refractivity contribution in [2.75, 3.05) is 12.3 Å². The number of carbonyl (C=O) groups is 1. The second-order valence-electron chi connectivity index (χ2n) is 5.34. The molecule has 0 saturated carbocycles. The van der Waals surface area contributed by atoms with Crippen molar-refractivity contribution in [3.63, 3.8) is 0 Å². The van der Waals surface area contributed by atoms with E-state index in [1.165, 1.54) is 6.42 Å². The highest BCUT2D eigenvalue weighted by Crippen LogP contribution is 2.21. The molecule has 3 nitrogen and oxygen atoms in total. The molecule has 0 aliphatic carbocycles. The zero-order chi connectivity index (χ0) is 13.7. The minimum absolute atomic E-state index is 0.287. The number of nitrogens with two attached hydrogens (primary N) is 1. The largest absolute Gasteiger partial charge is 0.399 e. The molecule has 2 rings (SSSR count). The summed E-state index contributed by atoms with van der Waals surface area (Å²) in [5.74, 6) is 0.287. The van der Waals surface area contributed by atoms with Crippen molar-refractivity contribution in [1.82, 2.24) is 4.90 Å². The predicted molar refractivity (Wildman–Crippen MR) is 78.8 cm³/mol. The van der Waals surface area contributed by atoms with Crippen molar-refractivity contribution in [2.24, 2.45) is 0 Å². The maximum absolute atomic E-state index is 12.3. The molecule has 0 bridgehead atoms. The van der Waals surface area contributed by atoms with E-state index in [-0.39, 0.29) is 5.91 Å². The molecular weight excluding hydrogens is 236 g/mol. The van der Waals surface area contributed by atoms with E-state index in [1.807, 2.05) is 24.3 Å². The Balaban J connectivity index is 1.92. The van der Waals surface area contributed by atoms with Crippen molar-refractivity contribution in [3.05, 3.63) is 29.8 Å². The zero-order valence-electron chi connectivity index (χ0n) is 11.8. The van der Waals surface area contributed by atoms with E-state index in [2.05, 4.69) is 11.8 Å². The Morgan fingerprint density at radius 1 is 1.37 bits per heavy atom. The van der Waals surface area contributed by atoms with Crippen LogP contribution in [0.1, 0.15) is 44.6 Å². The van der Waals surface area contributed by atoms with E-state index in [9.17, 15) is 4.79 Å². The van der Waals surface area contributed by atoms with Crippen LogP contribution in [0.4, 0.5) is 5.69 Å². The third-order valence-electron chi connectivity index (χ3n) is 4.08. The highest BCUT2D eigenvalue weighted by molar-refractivity contribution is 5.77. The van der Waals surface area contributed by atoms with Crippen LogP contribution in [0.3, 0.4) is 0 Å². The molecule has 1 aromatic carbocycles. The van der Waals surface area contributed by atoms with Crippen molar-refractivity contribution in [1.29, 1.82) is 0 Å². The third-order valence-corrected chi connectivity index (χ3v) is 4.08. The lowest BCUT2D eigenvalue weighted by Crippen LogP contribution is -2.43. The summed E-state index contributed by atoms with van der Waals surface area (Å²) in [6.45, 7) is 3.10. The first kappa shape index (κ1) is 13.9. The number of nitrogens with zero attached hydrogens (tertiary/aromatic N) is 1. The summed E-state index contributed by atoms with van der Waals surface area (Å²) in [5.41, 5.74) is 7.79. The van der Waals surface area contributed by atoms with Gasteiger partial charge in [0.15, 0.2) is 0 Å². The quantitative estimate of drug-likeness (QED) is 0.846. The van der Waals surface area contributed by atoms with Gasteiger partial charge in [0.2, 0.25) is 5.91 Å². The summed E-state index contributed by atoms with van der Waals surface area (Å²) >= 11 is 0. The number of rotatable bonds is 4. The summed E-state index contributed by atoms with van der Waals surface area (Å²) in [6, 6.07) is 8.27. The predicted octanol–water partition coefficient (Wildman–Crippen LogP) is 2.99. The van der Waals surface area contributed by atoms with Crippen LogP contribution < -0.4 is 5.73 Å². The summed E-state index contributed by atoms with van der Waals surface area (Å²) in [5, 5.41) is 0. The lowest BCUT2D eigenvalue weighted by atomic mass is 9.99. The average molecular weight is 260 g/mol. The van der Waals surface area contributed by atoms with Gasteiger partial charge in [-0.3, -0.25) is 4.79 Å². The molecule has 2 N–H and O–H groups in total. The lowest BCUT2D eigenvalue weighted by Gasteiger charge is -2.35. The molecule has 1 amide bonds. The number of benzene rings is 1. The van der Waals surface area contributed by atoms with Gasteiger partial charge in [-0.05, 0) is 43.7 Å². The first-order valence-corrected chi connectivity index (χ1v) is 7.35. The van der Waals surface area contributed by atoms with Crippen LogP contribution in [0.25, 0.3) is 0 Å². The molecule has 0 radical (unpaired) electrons. The van der Waals surface area contributed by atoms with E-state index in [1.54, 1.807) is 0 Å². The van der Waals surface area contributed by atoms with Crippen molar-refractivity contribution in [2.45, 2.75) is 51.5 Å². The topological polar surface area (TPSA) is 46.3 Å². The van der Waals surface area contributed by atoms with E-state index in [0.717, 1.165) is 43.5 Å². The van der Waals surface area contributed by atoms with Gasteiger partial charge in [-0.2, -0.15) is 0 Å². The molecule has 3 heteroatoms. The summed E-state index contributed by atoms with van der Waals surface area (Å²) in [6.07, 6.45) is 5.96. The molecule has 0 aromatic heterocycles. The minimum Gasteiger partial charge on any atom is -0.399 e. The number of piperidine rings is 1. The molecule has 1 saturated heterocycles. The number of aryl methyl sites for hydroxylation is 1. The molecule has 1 atom stereocenters. The first-order valence-electron chi connectivity index (χ1n) is 7.35. The second kappa shape index (κ2) is 6.60. The third kappa shape index (κ3) is 3.49. The minimum atomic E-state index is 0.287. The van der Waals surface area contributed by atoms with E-state index < -0.39 is 0 Å². The smallest absolute Gasteiger partial charge is 0.223 e. The fourth-order valence-electron chi connectivity index (χ4n) is 2.90. The SMILES string of the molecule is CCC1CCCCN1C(=O)CCc1ccccc1N. The molecule has 1 aliphatic rings. The molecular formula is C16H24N2O. The normalized spacial score (nSPS) is 19.4. The van der Waals surface area contributed by atoms with Gasteiger partial charge in [0, 0.05) is 24.7 Å². The Bertz CT molecular complexity index is 431. The van der Waals surface area contributed by atoms with Gasteiger partial charge in [0.25, 0.3) is 0 Å². The van der Waals surface area contributed by atoms with Gasteiger partial charge in [0.1, 0.15) is 0 Å². The summed E-state index contributed by atoms with van der Waals surface area (Å²) in [7, 11) is 0. The Kier molecular flexibility index (Phi) is 4.83. The van der Waals surface area contributed by atoms with Gasteiger partial charge in [-0.1, -0.05) is 25.1 Å². The van der Waals surface area contributed by atoms with Crippen LogP contribution >= 0.6 is 0 Å². The van der Waals surface area contributed by atoms with Crippen LogP contribution in [-0.4, -0.2) is 23.4 Å². The number of hydrogen-bond acceptors (Lipinski definition) is 2. The summed E-state index contributed by atoms with van der Waals surface area (Å²) in [4.78, 5) is 14.4. The monoisotopic (exact) mass is 260 g/mol. The molecule has 1 aliphatic heterocycles. The van der Waals surface area contributed by atoms with Crippen LogP contribution in [0.5, 0.6) is 0 Å². The number of likely N-dealkylation sites (tertiary alicyclic amines) is 1. The number of nitrogen functional groups attached to an aromatic ring is 1. The van der Waals surface area contributed by atoms with Gasteiger partial charge in [-0.25, -0.2) is 0 Å². The molecule has 1 heterocycles. The van der Waals surface area contributed by atoms with Gasteiger partial charge in [0.05, 0.1) is 0 Å². The molecule has 19 heavy (non-hydrogen) atoms. The molecule has 104 valence electrons. The standard InChI is InChI=1S/C16H24N2O/c1-2-14-8-5-6-12-18(14)16(19)11-10-13-7-3-4-9-15(13)17/h3-4,7,9,14H,2,5-6,8,10-12,17H2,1H3. The first-order chi connectivity index (χ1) is 9.22. The Morgan fingerprint density at radius 3 is 2.89 bits per heavy atom. The zero-order valence-corrected chi connectivity index (χ0v) is 11.8. The van der Waals surface area contributed by atoms with Crippen molar-refractivity contribution < 1.29 is 4.79 Å². The van der Waals surface area contributed by atoms with Crippen LogP contribution in [-0.2, 0) is 11.2 Å². The van der Waals surface area contributed by atoms with E-state index >= 15 is 0 Å². The van der Waals surface area contributed by atoms with Gasteiger partial charge in [-0.15, -0.1) is 0 Å². The van der Waals surface area contributed by atoms with Crippen LogP contribution in [0.15, 0.2) is 24.3 Å². The lowest BCUT2D eigenvalue weighted by molar-refractivity contribution is -0.134. The van der Waals surface area contributed by atoms with E-state index in [4.69, 9.17) is 5.73 Å². The molecule has 1 aromatic rings. The molecule has 0 spiro atoms. The highest BCUT2D eigenvalue weighted by Gasteiger charge is 2.24. The molecule has 1 fully saturated rings. The fourth-order valence-corrected chi connectivity index (χ4v) is 2.90. The van der Waals surface area contributed by atoms with Crippen LogP contribution in [0.2, 0.25) is 0 Å². The number of carbonyl (C=O) groups excluding carboxylic acids is 1. The Hall–Kier alpha value is -1.51. The number of anilines is 1. The second-order valence-corrected chi connectivity index (χ2v) is 5.34. The maximum Gasteiger partial charge on any atom is 0.223 e. The van der Waals surface area contributed by atoms with Gasteiger partial charge >= 0.3 is 0 Å². The Labute approximate surface area is 115 Å². The maximum atomic E-state index is 12.3. The summed E-state index contributed by atoms with van der Waals surface area (Å²) < 4.78 is 0. The van der Waals surface area contributed by atoms with Crippen LogP contribution in [0, 0.1) is 0 Å². The Morgan fingerprint density at radius 2 is 2.16 bits per heavy atom. The number of hydrogen-bond donors (Lipinski definition) is 1. The fraction of sp³-hybridized carbons (Fsp3) is 0.562.